The van der Waals surface area contributed by atoms with Crippen molar-refractivity contribution in [3.63, 3.8) is 0 Å². The molecule has 0 radical (unpaired) electrons. The maximum absolute atomic E-state index is 11.0. The molecule has 0 fully saturated rings. The highest BCUT2D eigenvalue weighted by molar-refractivity contribution is 5.83. The van der Waals surface area contributed by atoms with Crippen LogP contribution in [0.25, 0.3) is 0 Å². The standard InChI is InChI=1S/C12H15NO3/c1-10(14)16-12(15)5-3-2-4-11-6-8-13-9-7-11/h6-9H,2-5H2,1H3. The highest BCUT2D eigenvalue weighted by atomic mass is 16.6. The maximum Gasteiger partial charge on any atom is 0.313 e. The van der Waals surface area contributed by atoms with Crippen molar-refractivity contribution >= 4 is 11.9 Å². The van der Waals surface area contributed by atoms with E-state index in [2.05, 4.69) is 9.72 Å². The van der Waals surface area contributed by atoms with Crippen LogP contribution in [0.1, 0.15) is 31.7 Å². The zero-order chi connectivity index (χ0) is 11.8. The van der Waals surface area contributed by atoms with Gasteiger partial charge in [0.1, 0.15) is 0 Å². The summed E-state index contributed by atoms with van der Waals surface area (Å²) in [6.07, 6.45) is 6.34. The first-order chi connectivity index (χ1) is 7.68. The van der Waals surface area contributed by atoms with Gasteiger partial charge in [0.25, 0.3) is 0 Å². The molecule has 0 bridgehead atoms. The van der Waals surface area contributed by atoms with Gasteiger partial charge in [0.15, 0.2) is 0 Å². The van der Waals surface area contributed by atoms with Crippen LogP contribution in [0.15, 0.2) is 24.5 Å². The van der Waals surface area contributed by atoms with Crippen molar-refractivity contribution in [1.82, 2.24) is 4.98 Å². The number of ether oxygens (including phenoxy) is 1. The van der Waals surface area contributed by atoms with E-state index in [1.54, 1.807) is 12.4 Å². The molecule has 1 rings (SSSR count). The fraction of sp³-hybridized carbons (Fsp3) is 0.417. The Labute approximate surface area is 94.6 Å². The number of carbonyl (C=O) groups excluding carboxylic acids is 2. The second-order valence-corrected chi connectivity index (χ2v) is 3.53. The average molecular weight is 221 g/mol. The third kappa shape index (κ3) is 5.24. The first kappa shape index (κ1) is 12.4. The van der Waals surface area contributed by atoms with Gasteiger partial charge in [-0.25, -0.2) is 0 Å². The number of unbranched alkanes of at least 4 members (excludes halogenated alkanes) is 1. The van der Waals surface area contributed by atoms with Crippen LogP contribution in [0.4, 0.5) is 0 Å². The van der Waals surface area contributed by atoms with Crippen LogP contribution in [-0.2, 0) is 20.7 Å². The van der Waals surface area contributed by atoms with Gasteiger partial charge >= 0.3 is 11.9 Å². The number of aryl methyl sites for hydroxylation is 1. The molecule has 0 unspecified atom stereocenters. The van der Waals surface area contributed by atoms with Gasteiger partial charge in [0.05, 0.1) is 0 Å². The van der Waals surface area contributed by atoms with E-state index in [0.29, 0.717) is 6.42 Å². The summed E-state index contributed by atoms with van der Waals surface area (Å²) in [6.45, 7) is 1.23. The number of hydrogen-bond donors (Lipinski definition) is 0. The summed E-state index contributed by atoms with van der Waals surface area (Å²) in [6, 6.07) is 3.90. The number of hydrogen-bond acceptors (Lipinski definition) is 4. The third-order valence-electron chi connectivity index (χ3n) is 2.10. The molecule has 1 heterocycles. The van der Waals surface area contributed by atoms with Gasteiger partial charge in [-0.15, -0.1) is 0 Å². The van der Waals surface area contributed by atoms with Crippen molar-refractivity contribution in [1.29, 1.82) is 0 Å². The summed E-state index contributed by atoms with van der Waals surface area (Å²) in [4.78, 5) is 25.4. The van der Waals surface area contributed by atoms with Crippen LogP contribution >= 0.6 is 0 Å². The molecule has 86 valence electrons. The number of pyridine rings is 1. The molecule has 1 aromatic rings. The predicted octanol–water partition coefficient (Wildman–Crippen LogP) is 1.88. The topological polar surface area (TPSA) is 56.3 Å². The zero-order valence-electron chi connectivity index (χ0n) is 9.31. The molecule has 0 N–H and O–H groups in total. The number of nitrogens with zero attached hydrogens (tertiary/aromatic N) is 1. The summed E-state index contributed by atoms with van der Waals surface area (Å²) in [5, 5.41) is 0. The van der Waals surface area contributed by atoms with E-state index in [1.165, 1.54) is 12.5 Å². The Kier molecular flexibility index (Phi) is 5.19. The second-order valence-electron chi connectivity index (χ2n) is 3.53. The Bertz CT molecular complexity index is 349. The van der Waals surface area contributed by atoms with Crippen molar-refractivity contribution in [3.05, 3.63) is 30.1 Å². The van der Waals surface area contributed by atoms with E-state index in [-0.39, 0.29) is 0 Å². The van der Waals surface area contributed by atoms with Crippen LogP contribution in [0.5, 0.6) is 0 Å². The molecule has 0 aliphatic heterocycles. The molecular formula is C12H15NO3. The fourth-order valence-corrected chi connectivity index (χ4v) is 1.36. The second kappa shape index (κ2) is 6.71. The molecular weight excluding hydrogens is 206 g/mol. The van der Waals surface area contributed by atoms with Crippen molar-refractivity contribution in [2.24, 2.45) is 0 Å². The SMILES string of the molecule is CC(=O)OC(=O)CCCCc1ccncc1. The number of esters is 2. The van der Waals surface area contributed by atoms with Gasteiger partial charge in [0.2, 0.25) is 0 Å². The largest absolute Gasteiger partial charge is 0.393 e. The van der Waals surface area contributed by atoms with Crippen LogP contribution in [0.2, 0.25) is 0 Å². The molecule has 1 aromatic heterocycles. The van der Waals surface area contributed by atoms with E-state index in [4.69, 9.17) is 0 Å². The van der Waals surface area contributed by atoms with E-state index in [9.17, 15) is 9.59 Å². The normalized spacial score (nSPS) is 9.81. The Morgan fingerprint density at radius 2 is 1.94 bits per heavy atom. The lowest BCUT2D eigenvalue weighted by atomic mass is 10.1. The van der Waals surface area contributed by atoms with Gasteiger partial charge in [-0.3, -0.25) is 14.6 Å². The van der Waals surface area contributed by atoms with Gasteiger partial charge < -0.3 is 4.74 Å². The molecule has 0 aromatic carbocycles. The quantitative estimate of drug-likeness (QED) is 0.433. The number of rotatable bonds is 5. The minimum atomic E-state index is -0.542. The van der Waals surface area contributed by atoms with Gasteiger partial charge in [-0.2, -0.15) is 0 Å². The molecule has 4 heteroatoms. The lowest BCUT2D eigenvalue weighted by Crippen LogP contribution is -2.08. The van der Waals surface area contributed by atoms with Gasteiger partial charge in [-0.1, -0.05) is 0 Å². The Hall–Kier alpha value is -1.71. The van der Waals surface area contributed by atoms with Crippen LogP contribution in [0.3, 0.4) is 0 Å². The lowest BCUT2D eigenvalue weighted by molar-refractivity contribution is -0.158. The van der Waals surface area contributed by atoms with Gasteiger partial charge in [0, 0.05) is 25.7 Å². The highest BCUT2D eigenvalue weighted by Gasteiger charge is 2.05. The van der Waals surface area contributed by atoms with Crippen LogP contribution in [-0.4, -0.2) is 16.9 Å². The average Bonchev–Trinajstić information content (AvgIpc) is 2.25. The van der Waals surface area contributed by atoms with Crippen LogP contribution in [0, 0.1) is 0 Å². The Morgan fingerprint density at radius 1 is 1.25 bits per heavy atom. The Morgan fingerprint density at radius 3 is 2.56 bits per heavy atom. The van der Waals surface area contributed by atoms with E-state index in [0.717, 1.165) is 19.3 Å². The smallest absolute Gasteiger partial charge is 0.313 e. The molecule has 0 aliphatic rings. The van der Waals surface area contributed by atoms with Gasteiger partial charge in [-0.05, 0) is 37.0 Å². The molecule has 0 spiro atoms. The monoisotopic (exact) mass is 221 g/mol. The molecule has 0 saturated heterocycles. The number of aromatic nitrogens is 1. The summed E-state index contributed by atoms with van der Waals surface area (Å²) >= 11 is 0. The van der Waals surface area contributed by atoms with Crippen molar-refractivity contribution in [2.75, 3.05) is 0 Å². The van der Waals surface area contributed by atoms with E-state index in [1.807, 2.05) is 12.1 Å². The molecule has 0 amide bonds. The third-order valence-corrected chi connectivity index (χ3v) is 2.10. The minimum absolute atomic E-state index is 0.296. The van der Waals surface area contributed by atoms with Crippen LogP contribution < -0.4 is 0 Å². The summed E-state index contributed by atoms with van der Waals surface area (Å²) in [7, 11) is 0. The minimum Gasteiger partial charge on any atom is -0.393 e. The lowest BCUT2D eigenvalue weighted by Gasteiger charge is -2.01. The van der Waals surface area contributed by atoms with Crippen molar-refractivity contribution in [3.8, 4) is 0 Å². The van der Waals surface area contributed by atoms with E-state index < -0.39 is 11.9 Å². The molecule has 0 saturated carbocycles. The molecule has 0 aliphatic carbocycles. The number of carbonyl (C=O) groups is 2. The summed E-state index contributed by atoms with van der Waals surface area (Å²) in [5.74, 6) is -0.985. The first-order valence-electron chi connectivity index (χ1n) is 5.28. The molecule has 4 nitrogen and oxygen atoms in total. The highest BCUT2D eigenvalue weighted by Crippen LogP contribution is 2.05. The predicted molar refractivity (Wildman–Crippen MR) is 58.6 cm³/mol. The maximum atomic E-state index is 11.0. The van der Waals surface area contributed by atoms with Crippen molar-refractivity contribution in [2.45, 2.75) is 32.6 Å². The molecule has 16 heavy (non-hydrogen) atoms. The first-order valence-corrected chi connectivity index (χ1v) is 5.28. The zero-order valence-corrected chi connectivity index (χ0v) is 9.31. The van der Waals surface area contributed by atoms with Crippen molar-refractivity contribution < 1.29 is 14.3 Å². The molecule has 0 atom stereocenters. The summed E-state index contributed by atoms with van der Waals surface area (Å²) in [5.41, 5.74) is 1.20. The van der Waals surface area contributed by atoms with E-state index >= 15 is 0 Å². The summed E-state index contributed by atoms with van der Waals surface area (Å²) < 4.78 is 4.41. The Balaban J connectivity index is 2.13. The fourth-order valence-electron chi connectivity index (χ4n) is 1.36.